The molecule has 0 aliphatic heterocycles. The van der Waals surface area contributed by atoms with Gasteiger partial charge in [0.15, 0.2) is 6.61 Å². The minimum absolute atomic E-state index is 0.0268. The summed E-state index contributed by atoms with van der Waals surface area (Å²) in [5, 5.41) is 17.2. The van der Waals surface area contributed by atoms with Gasteiger partial charge in [0.2, 0.25) is 0 Å². The third-order valence-electron chi connectivity index (χ3n) is 4.03. The molecule has 0 saturated carbocycles. The van der Waals surface area contributed by atoms with Gasteiger partial charge in [-0.1, -0.05) is 18.2 Å². The predicted molar refractivity (Wildman–Crippen MR) is 115 cm³/mol. The Hall–Kier alpha value is -4.53. The van der Waals surface area contributed by atoms with Crippen molar-refractivity contribution in [2.75, 3.05) is 11.9 Å². The number of nitrogens with one attached hydrogen (secondary N) is 2. The number of hydrazone groups is 1. The largest absolute Gasteiger partial charge is 0.484 e. The van der Waals surface area contributed by atoms with E-state index in [1.807, 2.05) is 18.2 Å². The van der Waals surface area contributed by atoms with Crippen LogP contribution in [0.1, 0.15) is 15.9 Å². The van der Waals surface area contributed by atoms with Crippen LogP contribution in [0.15, 0.2) is 84.0 Å². The topological polar surface area (TPSA) is 123 Å². The number of nitrogens with zero attached hydrogens (tertiary/aromatic N) is 2. The first kappa shape index (κ1) is 21.2. The number of anilines is 1. The Morgan fingerprint density at radius 3 is 2.29 bits per heavy atom. The smallest absolute Gasteiger partial charge is 0.271 e. The van der Waals surface area contributed by atoms with Gasteiger partial charge in [-0.2, -0.15) is 5.10 Å². The second kappa shape index (κ2) is 10.3. The Kier molecular flexibility index (Phi) is 7.04. The number of non-ortho nitro benzene ring substituents is 1. The summed E-state index contributed by atoms with van der Waals surface area (Å²) in [6.07, 6.45) is 1.38. The lowest BCUT2D eigenvalue weighted by Gasteiger charge is -2.08. The van der Waals surface area contributed by atoms with Crippen molar-refractivity contribution in [1.82, 2.24) is 5.43 Å². The molecule has 0 bridgehead atoms. The predicted octanol–water partition coefficient (Wildman–Crippen LogP) is 3.38. The average molecular weight is 418 g/mol. The van der Waals surface area contributed by atoms with Crippen LogP contribution in [0.3, 0.4) is 0 Å². The first-order valence-corrected chi connectivity index (χ1v) is 9.17. The number of benzene rings is 3. The number of para-hydroxylation sites is 1. The van der Waals surface area contributed by atoms with Crippen molar-refractivity contribution in [2.45, 2.75) is 0 Å². The Morgan fingerprint density at radius 2 is 1.65 bits per heavy atom. The lowest BCUT2D eigenvalue weighted by atomic mass is 10.2. The molecule has 3 rings (SSSR count). The van der Waals surface area contributed by atoms with Crippen LogP contribution in [0.4, 0.5) is 11.4 Å². The maximum atomic E-state index is 12.1. The highest BCUT2D eigenvalue weighted by atomic mass is 16.6. The molecule has 2 N–H and O–H groups in total. The molecule has 0 aromatic heterocycles. The zero-order valence-electron chi connectivity index (χ0n) is 16.2. The highest BCUT2D eigenvalue weighted by molar-refractivity contribution is 5.95. The third-order valence-corrected chi connectivity index (χ3v) is 4.03. The summed E-state index contributed by atoms with van der Waals surface area (Å²) in [4.78, 5) is 34.2. The van der Waals surface area contributed by atoms with Gasteiger partial charge in [-0.15, -0.1) is 0 Å². The number of nitro benzene ring substituents is 1. The minimum atomic E-state index is -0.494. The van der Waals surface area contributed by atoms with Gasteiger partial charge >= 0.3 is 0 Å². The molecular weight excluding hydrogens is 400 g/mol. The van der Waals surface area contributed by atoms with Gasteiger partial charge in [0, 0.05) is 23.4 Å². The van der Waals surface area contributed by atoms with E-state index < -0.39 is 10.8 Å². The standard InChI is InChI=1S/C22H18N4O5/c27-21(24-18-4-2-1-3-5-18)15-31-20-12-8-17(9-13-20)22(28)25-23-14-16-6-10-19(11-7-16)26(29)30/h1-14H,15H2,(H,24,27)(H,25,28)/b23-14-. The fourth-order valence-corrected chi connectivity index (χ4v) is 2.48. The Labute approximate surface area is 177 Å². The molecule has 0 radical (unpaired) electrons. The molecule has 3 aromatic rings. The van der Waals surface area contributed by atoms with Crippen LogP contribution < -0.4 is 15.5 Å². The van der Waals surface area contributed by atoms with Gasteiger partial charge in [0.25, 0.3) is 17.5 Å². The van der Waals surface area contributed by atoms with E-state index in [0.29, 0.717) is 22.6 Å². The number of carbonyl (C=O) groups excluding carboxylic acids is 2. The molecule has 0 saturated heterocycles. The number of hydrogen-bond acceptors (Lipinski definition) is 6. The number of hydrogen-bond donors (Lipinski definition) is 2. The van der Waals surface area contributed by atoms with Crippen molar-refractivity contribution in [1.29, 1.82) is 0 Å². The monoisotopic (exact) mass is 418 g/mol. The molecule has 0 heterocycles. The van der Waals surface area contributed by atoms with Gasteiger partial charge in [0.05, 0.1) is 11.1 Å². The summed E-state index contributed by atoms with van der Waals surface area (Å²) in [7, 11) is 0. The quantitative estimate of drug-likeness (QED) is 0.330. The van der Waals surface area contributed by atoms with Crippen molar-refractivity contribution in [2.24, 2.45) is 5.10 Å². The lowest BCUT2D eigenvalue weighted by Crippen LogP contribution is -2.20. The molecule has 0 aliphatic rings. The van der Waals surface area contributed by atoms with Crippen LogP contribution in [0.2, 0.25) is 0 Å². The van der Waals surface area contributed by atoms with Crippen LogP contribution >= 0.6 is 0 Å². The minimum Gasteiger partial charge on any atom is -0.484 e. The summed E-state index contributed by atoms with van der Waals surface area (Å²) >= 11 is 0. The molecule has 0 aliphatic carbocycles. The molecule has 3 aromatic carbocycles. The molecular formula is C22H18N4O5. The molecule has 0 atom stereocenters. The fraction of sp³-hybridized carbons (Fsp3) is 0.0455. The number of amides is 2. The van der Waals surface area contributed by atoms with Gasteiger partial charge in [0.1, 0.15) is 5.75 Å². The maximum absolute atomic E-state index is 12.1. The summed E-state index contributed by atoms with van der Waals surface area (Å²) in [5.41, 5.74) is 3.97. The Bertz CT molecular complexity index is 1080. The van der Waals surface area contributed by atoms with Crippen molar-refractivity contribution in [3.05, 3.63) is 100 Å². The highest BCUT2D eigenvalue weighted by Gasteiger charge is 2.07. The molecule has 0 unspecified atom stereocenters. The summed E-state index contributed by atoms with van der Waals surface area (Å²) < 4.78 is 5.42. The van der Waals surface area contributed by atoms with Gasteiger partial charge < -0.3 is 10.1 Å². The summed E-state index contributed by atoms with van der Waals surface area (Å²) in [5.74, 6) is -0.297. The van der Waals surface area contributed by atoms with Crippen LogP contribution in [0.25, 0.3) is 0 Å². The molecule has 2 amide bonds. The molecule has 31 heavy (non-hydrogen) atoms. The Morgan fingerprint density at radius 1 is 0.968 bits per heavy atom. The lowest BCUT2D eigenvalue weighted by molar-refractivity contribution is -0.384. The van der Waals surface area contributed by atoms with Crippen molar-refractivity contribution < 1.29 is 19.2 Å². The van der Waals surface area contributed by atoms with E-state index in [2.05, 4.69) is 15.8 Å². The van der Waals surface area contributed by atoms with Crippen molar-refractivity contribution in [3.8, 4) is 5.75 Å². The van der Waals surface area contributed by atoms with Crippen LogP contribution in [-0.2, 0) is 4.79 Å². The fourth-order valence-electron chi connectivity index (χ4n) is 2.48. The maximum Gasteiger partial charge on any atom is 0.271 e. The number of nitro groups is 1. The van der Waals surface area contributed by atoms with Gasteiger partial charge in [-0.25, -0.2) is 5.43 Å². The van der Waals surface area contributed by atoms with Gasteiger partial charge in [-0.3, -0.25) is 19.7 Å². The zero-order valence-corrected chi connectivity index (χ0v) is 16.2. The average Bonchev–Trinajstić information content (AvgIpc) is 2.79. The highest BCUT2D eigenvalue weighted by Crippen LogP contribution is 2.13. The second-order valence-electron chi connectivity index (χ2n) is 6.28. The third kappa shape index (κ3) is 6.50. The molecule has 0 fully saturated rings. The van der Waals surface area contributed by atoms with E-state index in [1.165, 1.54) is 30.5 Å². The Balaban J connectivity index is 1.47. The van der Waals surface area contributed by atoms with Crippen molar-refractivity contribution in [3.63, 3.8) is 0 Å². The summed E-state index contributed by atoms with van der Waals surface area (Å²) in [6, 6.07) is 21.0. The van der Waals surface area contributed by atoms with E-state index in [9.17, 15) is 19.7 Å². The zero-order chi connectivity index (χ0) is 22.1. The number of rotatable bonds is 8. The van der Waals surface area contributed by atoms with E-state index in [-0.39, 0.29) is 18.2 Å². The van der Waals surface area contributed by atoms with E-state index in [1.54, 1.807) is 36.4 Å². The molecule has 9 nitrogen and oxygen atoms in total. The van der Waals surface area contributed by atoms with Crippen LogP contribution in [-0.4, -0.2) is 29.6 Å². The first-order chi connectivity index (χ1) is 15.0. The number of ether oxygens (including phenoxy) is 1. The number of carbonyl (C=O) groups is 2. The molecule has 9 heteroatoms. The van der Waals surface area contributed by atoms with E-state index in [4.69, 9.17) is 4.74 Å². The van der Waals surface area contributed by atoms with Gasteiger partial charge in [-0.05, 0) is 54.1 Å². The normalized spacial score (nSPS) is 10.5. The second-order valence-corrected chi connectivity index (χ2v) is 6.28. The molecule has 156 valence electrons. The molecule has 0 spiro atoms. The SMILES string of the molecule is O=C(COc1ccc(C(=O)N/N=C\c2ccc([N+](=O)[O-])cc2)cc1)Nc1ccccc1. The van der Waals surface area contributed by atoms with E-state index >= 15 is 0 Å². The van der Waals surface area contributed by atoms with E-state index in [0.717, 1.165) is 0 Å². The van der Waals surface area contributed by atoms with Crippen LogP contribution in [0, 0.1) is 10.1 Å². The first-order valence-electron chi connectivity index (χ1n) is 9.17. The van der Waals surface area contributed by atoms with Crippen molar-refractivity contribution >= 4 is 29.4 Å². The summed E-state index contributed by atoms with van der Waals surface area (Å²) in [6.45, 7) is -0.167. The van der Waals surface area contributed by atoms with Crippen LogP contribution in [0.5, 0.6) is 5.75 Å².